The van der Waals surface area contributed by atoms with Crippen LogP contribution in [-0.4, -0.2) is 32.3 Å². The van der Waals surface area contributed by atoms with Crippen molar-refractivity contribution < 1.29 is 4.79 Å². The summed E-state index contributed by atoms with van der Waals surface area (Å²) in [6, 6.07) is 0. The molecule has 0 aliphatic carbocycles. The zero-order valence-corrected chi connectivity index (χ0v) is 11.6. The van der Waals surface area contributed by atoms with Gasteiger partial charge in [0, 0.05) is 27.1 Å². The van der Waals surface area contributed by atoms with Crippen LogP contribution in [0.3, 0.4) is 0 Å². The summed E-state index contributed by atoms with van der Waals surface area (Å²) in [4.78, 5) is 14.5. The Bertz CT molecular complexity index is 636. The van der Waals surface area contributed by atoms with Crippen molar-refractivity contribution >= 4 is 29.3 Å². The van der Waals surface area contributed by atoms with Gasteiger partial charge in [-0.2, -0.15) is 5.10 Å². The van der Waals surface area contributed by atoms with Crippen LogP contribution < -0.4 is 5.32 Å². The maximum Gasteiger partial charge on any atom is 0.221 e. The standard InChI is InChI=1S/C11H17N5OS/c1-4-7-9-10(15(3)14-7)16(11(18)13-9)6-5-8(17)12-2/h4-6H2,1-3H3,(H,12,17)(H,13,18). The van der Waals surface area contributed by atoms with Crippen molar-refractivity contribution in [3.8, 4) is 0 Å². The molecule has 0 fully saturated rings. The third-order valence-electron chi connectivity index (χ3n) is 3.00. The number of nitrogens with one attached hydrogen (secondary N) is 2. The van der Waals surface area contributed by atoms with Gasteiger partial charge in [0.25, 0.3) is 0 Å². The Kier molecular flexibility index (Phi) is 3.51. The Labute approximate surface area is 110 Å². The predicted molar refractivity (Wildman–Crippen MR) is 72.0 cm³/mol. The fourth-order valence-corrected chi connectivity index (χ4v) is 2.35. The quantitative estimate of drug-likeness (QED) is 0.816. The minimum absolute atomic E-state index is 0.00383. The number of aryl methyl sites for hydroxylation is 3. The average molecular weight is 267 g/mol. The van der Waals surface area contributed by atoms with Crippen molar-refractivity contribution in [2.45, 2.75) is 26.3 Å². The Morgan fingerprint density at radius 1 is 1.56 bits per heavy atom. The maximum atomic E-state index is 11.3. The second-order valence-electron chi connectivity index (χ2n) is 4.13. The Morgan fingerprint density at radius 2 is 2.28 bits per heavy atom. The molecule has 0 radical (unpaired) electrons. The summed E-state index contributed by atoms with van der Waals surface area (Å²) in [7, 11) is 3.52. The van der Waals surface area contributed by atoms with Gasteiger partial charge in [0.1, 0.15) is 5.52 Å². The minimum Gasteiger partial charge on any atom is -0.359 e. The summed E-state index contributed by atoms with van der Waals surface area (Å²) < 4.78 is 4.37. The van der Waals surface area contributed by atoms with E-state index in [4.69, 9.17) is 12.2 Å². The van der Waals surface area contributed by atoms with E-state index in [1.54, 1.807) is 7.05 Å². The Morgan fingerprint density at radius 3 is 2.89 bits per heavy atom. The summed E-state index contributed by atoms with van der Waals surface area (Å²) in [6.07, 6.45) is 1.26. The van der Waals surface area contributed by atoms with Crippen LogP contribution in [0.15, 0.2) is 0 Å². The molecule has 2 heterocycles. The highest BCUT2D eigenvalue weighted by Crippen LogP contribution is 2.18. The lowest BCUT2D eigenvalue weighted by atomic mass is 10.3. The molecule has 0 spiro atoms. The normalized spacial score (nSPS) is 11.1. The van der Waals surface area contributed by atoms with E-state index in [9.17, 15) is 4.79 Å². The number of rotatable bonds is 4. The second kappa shape index (κ2) is 4.93. The molecular weight excluding hydrogens is 250 g/mol. The molecule has 1 amide bonds. The van der Waals surface area contributed by atoms with E-state index in [2.05, 4.69) is 22.3 Å². The number of fused-ring (bicyclic) bond motifs is 1. The first-order chi connectivity index (χ1) is 8.58. The van der Waals surface area contributed by atoms with Crippen LogP contribution >= 0.6 is 12.2 Å². The summed E-state index contributed by atoms with van der Waals surface area (Å²) in [6.45, 7) is 2.61. The highest BCUT2D eigenvalue weighted by atomic mass is 32.1. The number of hydrogen-bond donors (Lipinski definition) is 2. The van der Waals surface area contributed by atoms with Gasteiger partial charge < -0.3 is 14.9 Å². The molecule has 0 saturated carbocycles. The molecule has 0 atom stereocenters. The Hall–Kier alpha value is -1.63. The topological polar surface area (TPSA) is 67.6 Å². The molecule has 2 N–H and O–H groups in total. The van der Waals surface area contributed by atoms with Gasteiger partial charge in [-0.25, -0.2) is 0 Å². The van der Waals surface area contributed by atoms with E-state index >= 15 is 0 Å². The van der Waals surface area contributed by atoms with E-state index < -0.39 is 0 Å². The van der Waals surface area contributed by atoms with Crippen LogP contribution in [0.5, 0.6) is 0 Å². The predicted octanol–water partition coefficient (Wildman–Crippen LogP) is 1.13. The van der Waals surface area contributed by atoms with Gasteiger partial charge >= 0.3 is 0 Å². The van der Waals surface area contributed by atoms with Gasteiger partial charge in [-0.1, -0.05) is 6.92 Å². The SMILES string of the molecule is CCc1nn(C)c2c1[nH]c(=S)n2CCC(=O)NC. The van der Waals surface area contributed by atoms with E-state index in [0.717, 1.165) is 23.3 Å². The van der Waals surface area contributed by atoms with Crippen molar-refractivity contribution in [1.82, 2.24) is 24.6 Å². The van der Waals surface area contributed by atoms with Crippen LogP contribution in [0.25, 0.3) is 11.2 Å². The first-order valence-corrected chi connectivity index (χ1v) is 6.34. The molecule has 6 nitrogen and oxygen atoms in total. The van der Waals surface area contributed by atoms with Crippen molar-refractivity contribution in [3.63, 3.8) is 0 Å². The first kappa shape index (κ1) is 12.8. The van der Waals surface area contributed by atoms with Crippen LogP contribution in [-0.2, 0) is 24.8 Å². The van der Waals surface area contributed by atoms with Gasteiger partial charge in [0.2, 0.25) is 5.91 Å². The Balaban J connectivity index is 2.44. The summed E-state index contributed by atoms with van der Waals surface area (Å²) in [5, 5.41) is 7.04. The number of amides is 1. The molecule has 0 aliphatic heterocycles. The van der Waals surface area contributed by atoms with Gasteiger partial charge in [-0.15, -0.1) is 0 Å². The number of nitrogens with zero attached hydrogens (tertiary/aromatic N) is 3. The third-order valence-corrected chi connectivity index (χ3v) is 3.32. The molecule has 0 aromatic carbocycles. The number of imidazole rings is 1. The number of carbonyl (C=O) groups excluding carboxylic acids is 1. The van der Waals surface area contributed by atoms with E-state index in [1.807, 2.05) is 16.3 Å². The number of hydrogen-bond acceptors (Lipinski definition) is 3. The van der Waals surface area contributed by atoms with Crippen LogP contribution in [0.1, 0.15) is 19.0 Å². The average Bonchev–Trinajstić information content (AvgIpc) is 2.84. The molecule has 0 saturated heterocycles. The number of H-pyrrole nitrogens is 1. The summed E-state index contributed by atoms with van der Waals surface area (Å²) >= 11 is 5.30. The molecule has 0 aliphatic rings. The molecular formula is C11H17N5OS. The number of carbonyl (C=O) groups is 1. The number of aromatic nitrogens is 4. The van der Waals surface area contributed by atoms with E-state index in [1.165, 1.54) is 0 Å². The molecule has 0 unspecified atom stereocenters. The van der Waals surface area contributed by atoms with Gasteiger partial charge in [-0.3, -0.25) is 9.48 Å². The molecule has 2 rings (SSSR count). The second-order valence-corrected chi connectivity index (χ2v) is 4.51. The molecule has 0 bridgehead atoms. The van der Waals surface area contributed by atoms with Gasteiger partial charge in [-0.05, 0) is 18.6 Å². The van der Waals surface area contributed by atoms with Gasteiger partial charge in [0.05, 0.1) is 5.69 Å². The molecule has 98 valence electrons. The van der Waals surface area contributed by atoms with Crippen LogP contribution in [0.2, 0.25) is 0 Å². The lowest BCUT2D eigenvalue weighted by Crippen LogP contribution is -2.19. The smallest absolute Gasteiger partial charge is 0.221 e. The fraction of sp³-hybridized carbons (Fsp3) is 0.545. The lowest BCUT2D eigenvalue weighted by Gasteiger charge is -2.03. The van der Waals surface area contributed by atoms with Crippen molar-refractivity contribution in [2.75, 3.05) is 7.05 Å². The first-order valence-electron chi connectivity index (χ1n) is 5.93. The van der Waals surface area contributed by atoms with E-state index in [0.29, 0.717) is 17.7 Å². The van der Waals surface area contributed by atoms with Gasteiger partial charge in [0.15, 0.2) is 10.4 Å². The highest BCUT2D eigenvalue weighted by Gasteiger charge is 2.14. The zero-order valence-electron chi connectivity index (χ0n) is 10.8. The molecule has 7 heteroatoms. The van der Waals surface area contributed by atoms with Crippen LogP contribution in [0, 0.1) is 4.77 Å². The largest absolute Gasteiger partial charge is 0.359 e. The third kappa shape index (κ3) is 2.05. The highest BCUT2D eigenvalue weighted by molar-refractivity contribution is 7.71. The lowest BCUT2D eigenvalue weighted by molar-refractivity contribution is -0.120. The van der Waals surface area contributed by atoms with Crippen molar-refractivity contribution in [3.05, 3.63) is 10.5 Å². The summed E-state index contributed by atoms with van der Waals surface area (Å²) in [5.41, 5.74) is 2.92. The number of aromatic amines is 1. The molecule has 2 aromatic heterocycles. The van der Waals surface area contributed by atoms with Crippen molar-refractivity contribution in [1.29, 1.82) is 0 Å². The fourth-order valence-electron chi connectivity index (χ4n) is 2.07. The maximum absolute atomic E-state index is 11.3. The molecule has 18 heavy (non-hydrogen) atoms. The van der Waals surface area contributed by atoms with E-state index in [-0.39, 0.29) is 5.91 Å². The molecule has 2 aromatic rings. The monoisotopic (exact) mass is 267 g/mol. The zero-order chi connectivity index (χ0) is 13.3. The summed E-state index contributed by atoms with van der Waals surface area (Å²) in [5.74, 6) is 0.00383. The minimum atomic E-state index is 0.00383. The van der Waals surface area contributed by atoms with Crippen LogP contribution in [0.4, 0.5) is 0 Å². The van der Waals surface area contributed by atoms with Crippen molar-refractivity contribution in [2.24, 2.45) is 7.05 Å².